The highest BCUT2D eigenvalue weighted by Crippen LogP contribution is 2.39. The minimum atomic E-state index is -0.923. The topological polar surface area (TPSA) is 55.9 Å². The van der Waals surface area contributed by atoms with E-state index in [9.17, 15) is 9.90 Å². The molecule has 2 aromatic rings. The fourth-order valence-electron chi connectivity index (χ4n) is 3.01. The molecule has 0 aliphatic heterocycles. The summed E-state index contributed by atoms with van der Waals surface area (Å²) in [5, 5.41) is 12.3. The number of hydrogen-bond donors (Lipinski definition) is 1. The second-order valence-corrected chi connectivity index (χ2v) is 4.82. The molecular formula is C14H14NO2-. The Morgan fingerprint density at radius 3 is 2.94 bits per heavy atom. The van der Waals surface area contributed by atoms with Crippen molar-refractivity contribution in [1.29, 1.82) is 0 Å². The number of carboxylic acid groups (broad SMARTS) is 1. The number of para-hydroxylation sites is 1. The van der Waals surface area contributed by atoms with Crippen molar-refractivity contribution in [2.45, 2.75) is 25.7 Å². The van der Waals surface area contributed by atoms with Crippen LogP contribution in [0.1, 0.15) is 30.5 Å². The third kappa shape index (κ3) is 1.46. The van der Waals surface area contributed by atoms with Crippen LogP contribution in [0, 0.1) is 5.92 Å². The van der Waals surface area contributed by atoms with Crippen LogP contribution in [0.15, 0.2) is 24.3 Å². The van der Waals surface area contributed by atoms with E-state index in [1.54, 1.807) is 0 Å². The van der Waals surface area contributed by atoms with Crippen molar-refractivity contribution in [3.63, 3.8) is 0 Å². The van der Waals surface area contributed by atoms with Gasteiger partial charge < -0.3 is 14.9 Å². The maximum atomic E-state index is 11.1. The summed E-state index contributed by atoms with van der Waals surface area (Å²) in [6.45, 7) is 1.98. The van der Waals surface area contributed by atoms with Gasteiger partial charge in [0, 0.05) is 28.5 Å². The van der Waals surface area contributed by atoms with E-state index in [2.05, 4.69) is 11.1 Å². The standard InChI is InChI=1S/C14H15NO2/c1-8-9(14(16)17)6-7-12-13(8)10-4-2-3-5-11(10)15-12/h2-5,8-9,15H,6-7H2,1H3,(H,16,17)/p-1/t8-,9-/m1/s1. The third-order valence-corrected chi connectivity index (χ3v) is 3.89. The molecule has 0 saturated heterocycles. The largest absolute Gasteiger partial charge is 0.550 e. The van der Waals surface area contributed by atoms with Gasteiger partial charge in [0.05, 0.1) is 0 Å². The zero-order chi connectivity index (χ0) is 12.0. The van der Waals surface area contributed by atoms with Gasteiger partial charge >= 0.3 is 0 Å². The molecule has 1 aromatic carbocycles. The Morgan fingerprint density at radius 1 is 1.41 bits per heavy atom. The van der Waals surface area contributed by atoms with Crippen LogP contribution in [0.25, 0.3) is 10.9 Å². The lowest BCUT2D eigenvalue weighted by Gasteiger charge is -2.30. The lowest BCUT2D eigenvalue weighted by molar-refractivity contribution is -0.312. The van der Waals surface area contributed by atoms with Gasteiger partial charge in [0.25, 0.3) is 0 Å². The zero-order valence-corrected chi connectivity index (χ0v) is 9.69. The lowest BCUT2D eigenvalue weighted by Crippen LogP contribution is -2.36. The van der Waals surface area contributed by atoms with Crippen LogP contribution in [-0.2, 0) is 11.2 Å². The van der Waals surface area contributed by atoms with E-state index in [-0.39, 0.29) is 11.8 Å². The van der Waals surface area contributed by atoms with Gasteiger partial charge in [-0.1, -0.05) is 25.1 Å². The van der Waals surface area contributed by atoms with E-state index < -0.39 is 5.97 Å². The number of carboxylic acids is 1. The SMILES string of the molecule is C[C@H]1c2c([nH]c3ccccc23)CC[C@H]1C(=O)[O-]. The molecule has 0 bridgehead atoms. The van der Waals surface area contributed by atoms with Crippen LogP contribution in [0.4, 0.5) is 0 Å². The van der Waals surface area contributed by atoms with E-state index in [0.29, 0.717) is 6.42 Å². The number of aromatic nitrogens is 1. The van der Waals surface area contributed by atoms with Crippen LogP contribution >= 0.6 is 0 Å². The summed E-state index contributed by atoms with van der Waals surface area (Å²) in [6, 6.07) is 8.07. The summed E-state index contributed by atoms with van der Waals surface area (Å²) < 4.78 is 0. The smallest absolute Gasteiger partial charge is 0.0459 e. The summed E-state index contributed by atoms with van der Waals surface area (Å²) in [5.74, 6) is -1.25. The van der Waals surface area contributed by atoms with Crippen molar-refractivity contribution in [2.24, 2.45) is 5.92 Å². The molecule has 3 rings (SSSR count). The molecule has 3 nitrogen and oxygen atoms in total. The molecule has 0 amide bonds. The summed E-state index contributed by atoms with van der Waals surface area (Å²) in [6.07, 6.45) is 1.47. The highest BCUT2D eigenvalue weighted by atomic mass is 16.4. The molecule has 0 fully saturated rings. The molecule has 3 heteroatoms. The molecule has 0 radical (unpaired) electrons. The van der Waals surface area contributed by atoms with Gasteiger partial charge in [-0.15, -0.1) is 0 Å². The molecule has 1 heterocycles. The van der Waals surface area contributed by atoms with Gasteiger partial charge in [-0.25, -0.2) is 0 Å². The molecular weight excluding hydrogens is 214 g/mol. The number of aliphatic carboxylic acids is 1. The Bertz CT molecular complexity index is 585. The third-order valence-electron chi connectivity index (χ3n) is 3.89. The van der Waals surface area contributed by atoms with Crippen molar-refractivity contribution in [3.8, 4) is 0 Å². The van der Waals surface area contributed by atoms with Gasteiger partial charge in [0.1, 0.15) is 0 Å². The first-order chi connectivity index (χ1) is 8.18. The molecule has 0 spiro atoms. The molecule has 2 atom stereocenters. The Kier molecular flexibility index (Phi) is 2.21. The van der Waals surface area contributed by atoms with E-state index in [1.807, 2.05) is 25.1 Å². The fourth-order valence-corrected chi connectivity index (χ4v) is 3.01. The number of aryl methyl sites for hydroxylation is 1. The zero-order valence-electron chi connectivity index (χ0n) is 9.69. The van der Waals surface area contributed by atoms with Crippen molar-refractivity contribution < 1.29 is 9.90 Å². The number of hydrogen-bond acceptors (Lipinski definition) is 2. The normalized spacial score (nSPS) is 23.6. The predicted molar refractivity (Wildman–Crippen MR) is 63.5 cm³/mol. The Balaban J connectivity index is 2.19. The van der Waals surface area contributed by atoms with Gasteiger partial charge in [0.15, 0.2) is 0 Å². The van der Waals surface area contributed by atoms with E-state index in [0.717, 1.165) is 17.3 Å². The van der Waals surface area contributed by atoms with Crippen LogP contribution in [-0.4, -0.2) is 11.0 Å². The second kappa shape index (κ2) is 3.62. The summed E-state index contributed by atoms with van der Waals surface area (Å²) in [4.78, 5) is 14.5. The summed E-state index contributed by atoms with van der Waals surface area (Å²) in [7, 11) is 0. The maximum absolute atomic E-state index is 11.1. The lowest BCUT2D eigenvalue weighted by atomic mass is 9.78. The monoisotopic (exact) mass is 228 g/mol. The average molecular weight is 228 g/mol. The van der Waals surface area contributed by atoms with E-state index >= 15 is 0 Å². The molecule has 1 aliphatic rings. The van der Waals surface area contributed by atoms with Crippen LogP contribution in [0.2, 0.25) is 0 Å². The van der Waals surface area contributed by atoms with E-state index in [1.165, 1.54) is 11.3 Å². The number of benzene rings is 1. The molecule has 0 unspecified atom stereocenters. The Hall–Kier alpha value is -1.77. The fraction of sp³-hybridized carbons (Fsp3) is 0.357. The number of H-pyrrole nitrogens is 1. The van der Waals surface area contributed by atoms with Gasteiger partial charge in [-0.2, -0.15) is 0 Å². The van der Waals surface area contributed by atoms with Gasteiger partial charge in [-0.3, -0.25) is 0 Å². The highest BCUT2D eigenvalue weighted by molar-refractivity contribution is 5.86. The molecule has 88 valence electrons. The highest BCUT2D eigenvalue weighted by Gasteiger charge is 2.29. The van der Waals surface area contributed by atoms with Crippen molar-refractivity contribution in [2.75, 3.05) is 0 Å². The summed E-state index contributed by atoms with van der Waals surface area (Å²) >= 11 is 0. The first kappa shape index (κ1) is 10.4. The van der Waals surface area contributed by atoms with E-state index in [4.69, 9.17) is 0 Å². The summed E-state index contributed by atoms with van der Waals surface area (Å²) in [5.41, 5.74) is 3.46. The molecule has 1 N–H and O–H groups in total. The minimum absolute atomic E-state index is 0.0277. The second-order valence-electron chi connectivity index (χ2n) is 4.82. The van der Waals surface area contributed by atoms with Crippen LogP contribution in [0.3, 0.4) is 0 Å². The van der Waals surface area contributed by atoms with Crippen molar-refractivity contribution >= 4 is 16.9 Å². The van der Waals surface area contributed by atoms with Gasteiger partial charge in [0.2, 0.25) is 0 Å². The number of fused-ring (bicyclic) bond motifs is 3. The number of rotatable bonds is 1. The molecule has 0 saturated carbocycles. The number of nitrogens with one attached hydrogen (secondary N) is 1. The minimum Gasteiger partial charge on any atom is -0.550 e. The Morgan fingerprint density at radius 2 is 2.18 bits per heavy atom. The number of carbonyl (C=O) groups excluding carboxylic acids is 1. The van der Waals surface area contributed by atoms with Crippen LogP contribution in [0.5, 0.6) is 0 Å². The maximum Gasteiger partial charge on any atom is 0.0459 e. The van der Waals surface area contributed by atoms with Gasteiger partial charge in [-0.05, 0) is 30.4 Å². The Labute approximate surface area is 99.5 Å². The molecule has 1 aliphatic carbocycles. The van der Waals surface area contributed by atoms with Crippen molar-refractivity contribution in [1.82, 2.24) is 4.98 Å². The van der Waals surface area contributed by atoms with Crippen LogP contribution < -0.4 is 5.11 Å². The number of aromatic amines is 1. The quantitative estimate of drug-likeness (QED) is 0.805. The molecule has 1 aromatic heterocycles. The molecule has 17 heavy (non-hydrogen) atoms. The van der Waals surface area contributed by atoms with Crippen molar-refractivity contribution in [3.05, 3.63) is 35.5 Å². The first-order valence-corrected chi connectivity index (χ1v) is 5.99. The number of carbonyl (C=O) groups is 1. The first-order valence-electron chi connectivity index (χ1n) is 5.99. The average Bonchev–Trinajstić information content (AvgIpc) is 2.67. The predicted octanol–water partition coefficient (Wildman–Crippen LogP) is 1.58.